The van der Waals surface area contributed by atoms with Gasteiger partial charge in [-0.05, 0) is 48.6 Å². The van der Waals surface area contributed by atoms with E-state index in [9.17, 15) is 4.79 Å². The highest BCUT2D eigenvalue weighted by Crippen LogP contribution is 2.29. The Hall–Kier alpha value is -2.49. The van der Waals surface area contributed by atoms with Crippen molar-refractivity contribution < 1.29 is 9.53 Å². The quantitative estimate of drug-likeness (QED) is 0.818. The molecule has 2 aromatic carbocycles. The van der Waals surface area contributed by atoms with Crippen molar-refractivity contribution in [3.8, 4) is 5.75 Å². The van der Waals surface area contributed by atoms with Crippen molar-refractivity contribution in [3.63, 3.8) is 0 Å². The fraction of sp³-hybridized carbons (Fsp3) is 0.381. The Morgan fingerprint density at radius 1 is 0.920 bits per heavy atom. The molecule has 0 radical (unpaired) electrons. The predicted molar refractivity (Wildman–Crippen MR) is 103 cm³/mol. The number of carbonyl (C=O) groups excluding carboxylic acids is 1. The molecule has 0 saturated carbocycles. The molecule has 0 saturated heterocycles. The predicted octanol–water partition coefficient (Wildman–Crippen LogP) is 5.05. The van der Waals surface area contributed by atoms with Gasteiger partial charge in [0.15, 0.2) is 0 Å². The lowest BCUT2D eigenvalue weighted by atomic mass is 9.86. The van der Waals surface area contributed by atoms with Gasteiger partial charge in [-0.15, -0.1) is 0 Å². The Kier molecular flexibility index (Phi) is 5.41. The number of urea groups is 1. The molecule has 25 heavy (non-hydrogen) atoms. The molecular formula is C21H28N2O2. The van der Waals surface area contributed by atoms with Crippen molar-refractivity contribution in [1.82, 2.24) is 5.32 Å². The molecule has 2 amide bonds. The van der Waals surface area contributed by atoms with Gasteiger partial charge in [0.05, 0.1) is 12.6 Å². The van der Waals surface area contributed by atoms with Crippen LogP contribution in [0.25, 0.3) is 0 Å². The largest absolute Gasteiger partial charge is 0.497 e. The van der Waals surface area contributed by atoms with E-state index in [2.05, 4.69) is 31.4 Å². The Bertz CT molecular complexity index is 728. The molecule has 0 bridgehead atoms. The normalized spacial score (nSPS) is 11.8. The number of hydrogen-bond donors (Lipinski definition) is 2. The van der Waals surface area contributed by atoms with Crippen molar-refractivity contribution >= 4 is 11.7 Å². The van der Waals surface area contributed by atoms with E-state index < -0.39 is 5.54 Å². The van der Waals surface area contributed by atoms with Gasteiger partial charge >= 0.3 is 6.03 Å². The molecule has 0 heterocycles. The molecule has 2 N–H and O–H groups in total. The van der Waals surface area contributed by atoms with E-state index in [4.69, 9.17) is 4.74 Å². The van der Waals surface area contributed by atoms with Gasteiger partial charge in [0.2, 0.25) is 0 Å². The van der Waals surface area contributed by atoms with Gasteiger partial charge in [0, 0.05) is 5.69 Å². The fourth-order valence-electron chi connectivity index (χ4n) is 2.76. The number of para-hydroxylation sites is 1. The number of amides is 2. The summed E-state index contributed by atoms with van der Waals surface area (Å²) in [6.07, 6.45) is 0. The topological polar surface area (TPSA) is 50.4 Å². The van der Waals surface area contributed by atoms with Crippen LogP contribution in [-0.4, -0.2) is 13.1 Å². The van der Waals surface area contributed by atoms with Crippen molar-refractivity contribution in [1.29, 1.82) is 0 Å². The highest BCUT2D eigenvalue weighted by molar-refractivity contribution is 5.90. The minimum Gasteiger partial charge on any atom is -0.497 e. The zero-order valence-electron chi connectivity index (χ0n) is 15.9. The molecule has 134 valence electrons. The van der Waals surface area contributed by atoms with Crippen LogP contribution in [0.5, 0.6) is 5.75 Å². The van der Waals surface area contributed by atoms with Gasteiger partial charge < -0.3 is 15.4 Å². The van der Waals surface area contributed by atoms with Crippen LogP contribution >= 0.6 is 0 Å². The maximum absolute atomic E-state index is 12.6. The molecule has 0 aromatic heterocycles. The zero-order valence-corrected chi connectivity index (χ0v) is 15.9. The Morgan fingerprint density at radius 2 is 1.52 bits per heavy atom. The van der Waals surface area contributed by atoms with E-state index in [-0.39, 0.29) is 11.4 Å². The summed E-state index contributed by atoms with van der Waals surface area (Å²) in [5.41, 5.74) is 2.39. The minimum atomic E-state index is -0.507. The summed E-state index contributed by atoms with van der Waals surface area (Å²) in [6.45, 7) is 10.3. The number of methoxy groups -OCH3 is 1. The average Bonchev–Trinajstić information content (AvgIpc) is 2.54. The summed E-state index contributed by atoms with van der Waals surface area (Å²) in [7, 11) is 1.64. The van der Waals surface area contributed by atoms with E-state index >= 15 is 0 Å². The molecule has 2 aromatic rings. The van der Waals surface area contributed by atoms with E-state index in [1.165, 1.54) is 0 Å². The first-order valence-electron chi connectivity index (χ1n) is 8.47. The molecule has 0 aliphatic heterocycles. The summed E-state index contributed by atoms with van der Waals surface area (Å²) in [4.78, 5) is 12.6. The van der Waals surface area contributed by atoms with Crippen molar-refractivity contribution in [2.24, 2.45) is 0 Å². The minimum absolute atomic E-state index is 0.0463. The molecule has 2 rings (SSSR count). The SMILES string of the molecule is COc1ccc(C(C)(C)NC(=O)Nc2ccccc2C(C)(C)C)cc1. The number of carbonyl (C=O) groups is 1. The zero-order chi connectivity index (χ0) is 18.7. The van der Waals surface area contributed by atoms with E-state index in [1.807, 2.05) is 62.4 Å². The van der Waals surface area contributed by atoms with Gasteiger partial charge in [-0.1, -0.05) is 51.1 Å². The van der Waals surface area contributed by atoms with Gasteiger partial charge in [-0.3, -0.25) is 0 Å². The third-order valence-corrected chi connectivity index (χ3v) is 4.22. The Labute approximate surface area is 150 Å². The number of rotatable bonds is 4. The maximum atomic E-state index is 12.6. The van der Waals surface area contributed by atoms with Crippen molar-refractivity contribution in [3.05, 3.63) is 59.7 Å². The molecule has 0 atom stereocenters. The molecule has 0 aliphatic carbocycles. The summed E-state index contributed by atoms with van der Waals surface area (Å²) >= 11 is 0. The highest BCUT2D eigenvalue weighted by Gasteiger charge is 2.24. The van der Waals surface area contributed by atoms with Gasteiger partial charge in [0.25, 0.3) is 0 Å². The van der Waals surface area contributed by atoms with Crippen LogP contribution < -0.4 is 15.4 Å². The summed E-state index contributed by atoms with van der Waals surface area (Å²) in [6, 6.07) is 15.4. The standard InChI is InChI=1S/C21H28N2O2/c1-20(2,3)17-9-7-8-10-18(17)22-19(24)23-21(4,5)15-11-13-16(25-6)14-12-15/h7-14H,1-6H3,(H2,22,23,24). The lowest BCUT2D eigenvalue weighted by molar-refractivity contribution is 0.242. The van der Waals surface area contributed by atoms with Crippen molar-refractivity contribution in [2.75, 3.05) is 12.4 Å². The summed E-state index contributed by atoms with van der Waals surface area (Å²) in [5, 5.41) is 6.04. The number of nitrogens with one attached hydrogen (secondary N) is 2. The van der Waals surface area contributed by atoms with Crippen LogP contribution in [0.15, 0.2) is 48.5 Å². The second kappa shape index (κ2) is 7.18. The number of hydrogen-bond acceptors (Lipinski definition) is 2. The second-order valence-electron chi connectivity index (χ2n) is 7.73. The molecule has 0 spiro atoms. The molecule has 4 heteroatoms. The van der Waals surface area contributed by atoms with Crippen LogP contribution in [0, 0.1) is 0 Å². The first-order chi connectivity index (χ1) is 11.6. The third-order valence-electron chi connectivity index (χ3n) is 4.22. The van der Waals surface area contributed by atoms with E-state index in [1.54, 1.807) is 7.11 Å². The third kappa shape index (κ3) is 4.75. The molecule has 0 aliphatic rings. The molecular weight excluding hydrogens is 312 g/mol. The maximum Gasteiger partial charge on any atom is 0.319 e. The first kappa shape index (κ1) is 18.8. The van der Waals surface area contributed by atoms with Crippen LogP contribution in [-0.2, 0) is 11.0 Å². The first-order valence-corrected chi connectivity index (χ1v) is 8.47. The second-order valence-corrected chi connectivity index (χ2v) is 7.73. The lowest BCUT2D eigenvalue weighted by Gasteiger charge is -2.28. The van der Waals surface area contributed by atoms with Crippen LogP contribution in [0.1, 0.15) is 45.7 Å². The Morgan fingerprint density at radius 3 is 2.08 bits per heavy atom. The summed E-state index contributed by atoms with van der Waals surface area (Å²) in [5.74, 6) is 0.795. The Balaban J connectivity index is 2.14. The highest BCUT2D eigenvalue weighted by atomic mass is 16.5. The number of ether oxygens (including phenoxy) is 1. The smallest absolute Gasteiger partial charge is 0.319 e. The molecule has 4 nitrogen and oxygen atoms in total. The van der Waals surface area contributed by atoms with Gasteiger partial charge in [-0.2, -0.15) is 0 Å². The lowest BCUT2D eigenvalue weighted by Crippen LogP contribution is -2.43. The van der Waals surface area contributed by atoms with E-state index in [0.29, 0.717) is 0 Å². The average molecular weight is 340 g/mol. The van der Waals surface area contributed by atoms with Gasteiger partial charge in [0.1, 0.15) is 5.75 Å². The van der Waals surface area contributed by atoms with Gasteiger partial charge in [-0.25, -0.2) is 4.79 Å². The number of anilines is 1. The fourth-order valence-corrected chi connectivity index (χ4v) is 2.76. The van der Waals surface area contributed by atoms with Crippen LogP contribution in [0.2, 0.25) is 0 Å². The molecule has 0 fully saturated rings. The van der Waals surface area contributed by atoms with Crippen LogP contribution in [0.4, 0.5) is 10.5 Å². The van der Waals surface area contributed by atoms with Crippen LogP contribution in [0.3, 0.4) is 0 Å². The van der Waals surface area contributed by atoms with Crippen molar-refractivity contribution in [2.45, 2.75) is 45.6 Å². The number of benzene rings is 2. The summed E-state index contributed by atoms with van der Waals surface area (Å²) < 4.78 is 5.19. The molecule has 0 unspecified atom stereocenters. The van der Waals surface area contributed by atoms with E-state index in [0.717, 1.165) is 22.6 Å². The monoisotopic (exact) mass is 340 g/mol.